The summed E-state index contributed by atoms with van der Waals surface area (Å²) in [6.07, 6.45) is 4.44. The average molecular weight is 377 g/mol. The molecule has 5 rings (SSSR count). The van der Waals surface area contributed by atoms with Crippen LogP contribution in [0.25, 0.3) is 5.70 Å². The van der Waals surface area contributed by atoms with Gasteiger partial charge in [-0.25, -0.2) is 0 Å². The quantitative estimate of drug-likeness (QED) is 0.844. The molecule has 0 unspecified atom stereocenters. The molecular formula is C24H30N3O+. The molecule has 3 aliphatic heterocycles. The molecule has 4 nitrogen and oxygen atoms in total. The summed E-state index contributed by atoms with van der Waals surface area (Å²) in [7, 11) is 0. The fourth-order valence-corrected chi connectivity index (χ4v) is 4.90. The molecule has 3 aliphatic rings. The van der Waals surface area contributed by atoms with Gasteiger partial charge in [-0.15, -0.1) is 0 Å². The Labute approximate surface area is 167 Å². The van der Waals surface area contributed by atoms with Crippen LogP contribution in [0.2, 0.25) is 0 Å². The van der Waals surface area contributed by atoms with Crippen molar-refractivity contribution in [2.24, 2.45) is 0 Å². The van der Waals surface area contributed by atoms with E-state index in [2.05, 4.69) is 85.8 Å². The van der Waals surface area contributed by atoms with E-state index in [-0.39, 0.29) is 11.8 Å². The number of para-hydroxylation sites is 1. The van der Waals surface area contributed by atoms with Gasteiger partial charge >= 0.3 is 0 Å². The molecule has 1 saturated heterocycles. The van der Waals surface area contributed by atoms with Gasteiger partial charge in [0, 0.05) is 5.56 Å². The molecule has 2 aromatic carbocycles. The summed E-state index contributed by atoms with van der Waals surface area (Å²) in [6, 6.07) is 18.2. The van der Waals surface area contributed by atoms with Crippen molar-refractivity contribution in [1.82, 2.24) is 10.4 Å². The number of likely N-dealkylation sites (tertiary alicyclic amines) is 1. The molecular weight excluding hydrogens is 346 g/mol. The second kappa shape index (κ2) is 6.64. The summed E-state index contributed by atoms with van der Waals surface area (Å²) >= 11 is 0. The molecule has 1 spiro atoms. The molecule has 0 bridgehead atoms. The third-order valence-corrected chi connectivity index (χ3v) is 6.67. The lowest BCUT2D eigenvalue weighted by atomic mass is 9.92. The second-order valence-corrected chi connectivity index (χ2v) is 8.77. The topological polar surface area (TPSA) is 28.9 Å². The van der Waals surface area contributed by atoms with Gasteiger partial charge < -0.3 is 15.1 Å². The van der Waals surface area contributed by atoms with Crippen molar-refractivity contribution < 1.29 is 9.64 Å². The number of hydrazine groups is 1. The summed E-state index contributed by atoms with van der Waals surface area (Å²) in [5.74, 6) is 1.04. The summed E-state index contributed by atoms with van der Waals surface area (Å²) in [4.78, 5) is 1.68. The van der Waals surface area contributed by atoms with Gasteiger partial charge in [-0.1, -0.05) is 48.0 Å². The fraction of sp³-hybridized carbons (Fsp3) is 0.417. The van der Waals surface area contributed by atoms with Crippen LogP contribution in [0.5, 0.6) is 5.75 Å². The lowest BCUT2D eigenvalue weighted by Gasteiger charge is -2.51. The average Bonchev–Trinajstić information content (AvgIpc) is 3.16. The maximum Gasteiger partial charge on any atom is 0.191 e. The van der Waals surface area contributed by atoms with Gasteiger partial charge in [0.25, 0.3) is 0 Å². The van der Waals surface area contributed by atoms with E-state index in [9.17, 15) is 0 Å². The van der Waals surface area contributed by atoms with E-state index in [1.54, 1.807) is 4.90 Å². The number of hydrogen-bond acceptors (Lipinski definition) is 3. The number of quaternary nitrogens is 1. The number of hydrogen-bond donors (Lipinski definition) is 2. The Morgan fingerprint density at radius 3 is 2.50 bits per heavy atom. The first kappa shape index (κ1) is 17.8. The smallest absolute Gasteiger partial charge is 0.191 e. The number of piperidine rings is 1. The molecule has 146 valence electrons. The molecule has 2 aromatic rings. The van der Waals surface area contributed by atoms with Gasteiger partial charge in [0.2, 0.25) is 0 Å². The first-order chi connectivity index (χ1) is 13.6. The lowest BCUT2D eigenvalue weighted by molar-refractivity contribution is -0.929. The Balaban J connectivity index is 1.51. The second-order valence-electron chi connectivity index (χ2n) is 8.77. The number of ether oxygens (including phenoxy) is 1. The zero-order valence-electron chi connectivity index (χ0n) is 17.0. The maximum absolute atomic E-state index is 6.72. The van der Waals surface area contributed by atoms with E-state index in [0.29, 0.717) is 6.04 Å². The molecule has 0 radical (unpaired) electrons. The van der Waals surface area contributed by atoms with E-state index in [0.717, 1.165) is 31.7 Å². The predicted octanol–water partition coefficient (Wildman–Crippen LogP) is 3.07. The maximum atomic E-state index is 6.72. The SMILES string of the molecule is Cc1ccc(C2=C[C@@H]3c4ccccc4OC4(CC[NH+](C(C)C)CC4)N3N2)cc1. The zero-order valence-corrected chi connectivity index (χ0v) is 17.0. The number of rotatable bonds is 2. The molecule has 4 heteroatoms. The van der Waals surface area contributed by atoms with Crippen LogP contribution in [-0.4, -0.2) is 29.9 Å². The van der Waals surface area contributed by atoms with Crippen LogP contribution in [0.15, 0.2) is 54.6 Å². The fourth-order valence-electron chi connectivity index (χ4n) is 4.90. The van der Waals surface area contributed by atoms with Gasteiger partial charge in [0.05, 0.1) is 43.7 Å². The van der Waals surface area contributed by atoms with Crippen molar-refractivity contribution >= 4 is 5.70 Å². The van der Waals surface area contributed by atoms with Crippen molar-refractivity contribution in [3.63, 3.8) is 0 Å². The lowest BCUT2D eigenvalue weighted by Crippen LogP contribution is -3.16. The molecule has 0 aromatic heterocycles. The molecule has 1 atom stereocenters. The van der Waals surface area contributed by atoms with Crippen LogP contribution in [0.4, 0.5) is 0 Å². The molecule has 0 saturated carbocycles. The molecule has 2 N–H and O–H groups in total. The summed E-state index contributed by atoms with van der Waals surface area (Å²) in [5, 5.41) is 2.39. The summed E-state index contributed by atoms with van der Waals surface area (Å²) in [5.41, 5.74) is 8.41. The van der Waals surface area contributed by atoms with Crippen molar-refractivity contribution in [1.29, 1.82) is 0 Å². The first-order valence-corrected chi connectivity index (χ1v) is 10.5. The van der Waals surface area contributed by atoms with Crippen LogP contribution >= 0.6 is 0 Å². The third-order valence-electron chi connectivity index (χ3n) is 6.67. The van der Waals surface area contributed by atoms with E-state index < -0.39 is 0 Å². The number of nitrogens with zero attached hydrogens (tertiary/aromatic N) is 1. The Morgan fingerprint density at radius 1 is 1.07 bits per heavy atom. The minimum atomic E-state index is -0.277. The van der Waals surface area contributed by atoms with Crippen LogP contribution in [-0.2, 0) is 0 Å². The number of benzene rings is 2. The Morgan fingerprint density at radius 2 is 1.79 bits per heavy atom. The van der Waals surface area contributed by atoms with E-state index in [4.69, 9.17) is 4.74 Å². The zero-order chi connectivity index (χ0) is 19.3. The van der Waals surface area contributed by atoms with Crippen molar-refractivity contribution in [3.8, 4) is 5.75 Å². The molecule has 1 fully saturated rings. The van der Waals surface area contributed by atoms with Crippen LogP contribution in [0.3, 0.4) is 0 Å². The van der Waals surface area contributed by atoms with Crippen LogP contribution in [0, 0.1) is 6.92 Å². The number of nitrogens with one attached hydrogen (secondary N) is 2. The molecule has 3 heterocycles. The van der Waals surface area contributed by atoms with E-state index >= 15 is 0 Å². The van der Waals surface area contributed by atoms with Gasteiger partial charge in [-0.05, 0) is 38.5 Å². The highest BCUT2D eigenvalue weighted by atomic mass is 16.5. The molecule has 0 aliphatic carbocycles. The van der Waals surface area contributed by atoms with Crippen LogP contribution in [0.1, 0.15) is 49.4 Å². The van der Waals surface area contributed by atoms with Gasteiger partial charge in [0.1, 0.15) is 5.75 Å². The number of aryl methyl sites for hydroxylation is 1. The van der Waals surface area contributed by atoms with E-state index in [1.807, 2.05) is 0 Å². The standard InChI is InChI=1S/C24H29N3O/c1-17(2)26-14-12-24(13-15-26)27-22(20-6-4-5-7-23(20)28-24)16-21(25-27)19-10-8-18(3)9-11-19/h4-11,16-17,22,25H,12-15H2,1-3H3/p+1/t22-/m1/s1. The normalized spacial score (nSPS) is 29.1. The monoisotopic (exact) mass is 376 g/mol. The van der Waals surface area contributed by atoms with Gasteiger partial charge in [-0.3, -0.25) is 0 Å². The number of fused-ring (bicyclic) bond motifs is 4. The summed E-state index contributed by atoms with van der Waals surface area (Å²) in [6.45, 7) is 9.05. The van der Waals surface area contributed by atoms with Gasteiger partial charge in [0.15, 0.2) is 5.72 Å². The first-order valence-electron chi connectivity index (χ1n) is 10.5. The van der Waals surface area contributed by atoms with Crippen molar-refractivity contribution in [2.45, 2.75) is 51.4 Å². The van der Waals surface area contributed by atoms with Crippen molar-refractivity contribution in [3.05, 3.63) is 71.3 Å². The van der Waals surface area contributed by atoms with E-state index in [1.165, 1.54) is 22.4 Å². The Bertz CT molecular complexity index is 894. The largest absolute Gasteiger partial charge is 0.470 e. The minimum absolute atomic E-state index is 0.210. The third kappa shape index (κ3) is 2.83. The summed E-state index contributed by atoms with van der Waals surface area (Å²) < 4.78 is 6.72. The van der Waals surface area contributed by atoms with Crippen molar-refractivity contribution in [2.75, 3.05) is 13.1 Å². The molecule has 0 amide bonds. The van der Waals surface area contributed by atoms with Gasteiger partial charge in [-0.2, -0.15) is 5.01 Å². The minimum Gasteiger partial charge on any atom is -0.470 e. The predicted molar refractivity (Wildman–Crippen MR) is 112 cm³/mol. The highest BCUT2D eigenvalue weighted by molar-refractivity contribution is 5.67. The Hall–Kier alpha value is -2.30. The van der Waals surface area contributed by atoms with Crippen LogP contribution < -0.4 is 15.1 Å². The highest BCUT2D eigenvalue weighted by Gasteiger charge is 2.52. The Kier molecular flexibility index (Phi) is 4.22. The highest BCUT2D eigenvalue weighted by Crippen LogP contribution is 2.47. The molecule has 28 heavy (non-hydrogen) atoms.